The summed E-state index contributed by atoms with van der Waals surface area (Å²) in [6.07, 6.45) is 4.47. The second kappa shape index (κ2) is 9.52. The Labute approximate surface area is 199 Å². The van der Waals surface area contributed by atoms with Crippen LogP contribution in [0.2, 0.25) is 0 Å². The molecule has 34 heavy (non-hydrogen) atoms. The summed E-state index contributed by atoms with van der Waals surface area (Å²) in [5, 5.41) is 0.905. The van der Waals surface area contributed by atoms with Crippen LogP contribution < -0.4 is 9.47 Å². The lowest BCUT2D eigenvalue weighted by Crippen LogP contribution is -2.49. The second-order valence-corrected chi connectivity index (χ2v) is 10.2. The van der Waals surface area contributed by atoms with E-state index < -0.39 is 10.0 Å². The number of amides is 1. The smallest absolute Gasteiger partial charge is 0.246 e. The zero-order valence-electron chi connectivity index (χ0n) is 19.7. The standard InChI is InChI=1S/C25H28N2O6S/c1-17(13-25(28)26-9-11-27(12-10-26)34(4,29)30)20-14-21-22(16-33-24(21)15-23(20)32-3)18-5-7-19(31-2)8-6-18/h5-8,13-16H,9-12H2,1-4H3/b17-13+. The van der Waals surface area contributed by atoms with Crippen LogP contribution in [0.15, 0.2) is 53.2 Å². The van der Waals surface area contributed by atoms with Gasteiger partial charge in [-0.1, -0.05) is 12.1 Å². The van der Waals surface area contributed by atoms with Crippen LogP contribution in [0, 0.1) is 0 Å². The van der Waals surface area contributed by atoms with Gasteiger partial charge in [0, 0.05) is 54.8 Å². The molecule has 2 heterocycles. The molecule has 8 nitrogen and oxygen atoms in total. The van der Waals surface area contributed by atoms with E-state index in [0.29, 0.717) is 37.5 Å². The van der Waals surface area contributed by atoms with Crippen molar-refractivity contribution in [2.24, 2.45) is 0 Å². The monoisotopic (exact) mass is 484 g/mol. The van der Waals surface area contributed by atoms with Gasteiger partial charge in [-0.3, -0.25) is 4.79 Å². The molecule has 0 spiro atoms. The van der Waals surface area contributed by atoms with Gasteiger partial charge in [-0.15, -0.1) is 0 Å². The minimum absolute atomic E-state index is 0.157. The van der Waals surface area contributed by atoms with Gasteiger partial charge in [-0.2, -0.15) is 4.31 Å². The molecule has 0 saturated carbocycles. The fourth-order valence-corrected chi connectivity index (χ4v) is 4.95. The highest BCUT2D eigenvalue weighted by molar-refractivity contribution is 7.88. The van der Waals surface area contributed by atoms with E-state index in [0.717, 1.165) is 33.4 Å². The Hall–Kier alpha value is -3.30. The number of rotatable bonds is 6. The number of benzene rings is 2. The molecular weight excluding hydrogens is 456 g/mol. The van der Waals surface area contributed by atoms with E-state index in [1.54, 1.807) is 31.5 Å². The van der Waals surface area contributed by atoms with Crippen molar-refractivity contribution in [1.82, 2.24) is 9.21 Å². The van der Waals surface area contributed by atoms with E-state index in [9.17, 15) is 13.2 Å². The first-order valence-corrected chi connectivity index (χ1v) is 12.7. The van der Waals surface area contributed by atoms with Crippen LogP contribution in [-0.4, -0.2) is 70.2 Å². The molecule has 1 aliphatic rings. The maximum atomic E-state index is 12.9. The number of hydrogen-bond acceptors (Lipinski definition) is 6. The first-order chi connectivity index (χ1) is 16.2. The lowest BCUT2D eigenvalue weighted by atomic mass is 9.99. The van der Waals surface area contributed by atoms with Crippen LogP contribution in [0.1, 0.15) is 12.5 Å². The van der Waals surface area contributed by atoms with Crippen molar-refractivity contribution < 1.29 is 27.1 Å². The number of sulfonamides is 1. The molecule has 0 unspecified atom stereocenters. The molecule has 4 rings (SSSR count). The molecule has 0 atom stereocenters. The van der Waals surface area contributed by atoms with Crippen LogP contribution in [0.25, 0.3) is 27.7 Å². The van der Waals surface area contributed by atoms with Crippen molar-refractivity contribution in [2.75, 3.05) is 46.7 Å². The first kappa shape index (κ1) is 23.8. The van der Waals surface area contributed by atoms with Gasteiger partial charge in [0.2, 0.25) is 15.9 Å². The van der Waals surface area contributed by atoms with Gasteiger partial charge < -0.3 is 18.8 Å². The van der Waals surface area contributed by atoms with Crippen LogP contribution in [-0.2, 0) is 14.8 Å². The highest BCUT2D eigenvalue weighted by atomic mass is 32.2. The van der Waals surface area contributed by atoms with Crippen LogP contribution in [0.5, 0.6) is 11.5 Å². The first-order valence-electron chi connectivity index (χ1n) is 10.9. The lowest BCUT2D eigenvalue weighted by Gasteiger charge is -2.32. The summed E-state index contributed by atoms with van der Waals surface area (Å²) >= 11 is 0. The Kier molecular flexibility index (Phi) is 6.67. The molecule has 0 bridgehead atoms. The fraction of sp³-hybridized carbons (Fsp3) is 0.320. The number of carbonyl (C=O) groups excluding carboxylic acids is 1. The van der Waals surface area contributed by atoms with Crippen molar-refractivity contribution in [3.05, 3.63) is 54.3 Å². The van der Waals surface area contributed by atoms with Gasteiger partial charge >= 0.3 is 0 Å². The number of ether oxygens (including phenoxy) is 2. The number of piperazine rings is 1. The van der Waals surface area contributed by atoms with Gasteiger partial charge in [0.1, 0.15) is 17.1 Å². The minimum Gasteiger partial charge on any atom is -0.497 e. The average Bonchev–Trinajstić information content (AvgIpc) is 3.25. The van der Waals surface area contributed by atoms with E-state index in [1.807, 2.05) is 43.3 Å². The molecule has 1 aliphatic heterocycles. The third-order valence-corrected chi connectivity index (χ3v) is 7.38. The highest BCUT2D eigenvalue weighted by Crippen LogP contribution is 2.37. The number of hydrogen-bond donors (Lipinski definition) is 0. The third kappa shape index (κ3) is 4.80. The quantitative estimate of drug-likeness (QED) is 0.497. The number of methoxy groups -OCH3 is 2. The molecular formula is C25H28N2O6S. The normalized spacial score (nSPS) is 15.5. The molecule has 0 aliphatic carbocycles. The maximum absolute atomic E-state index is 12.9. The zero-order chi connectivity index (χ0) is 24.5. The number of carbonyl (C=O) groups is 1. The molecule has 0 radical (unpaired) electrons. The molecule has 3 aromatic rings. The lowest BCUT2D eigenvalue weighted by molar-refractivity contribution is -0.127. The van der Waals surface area contributed by atoms with Gasteiger partial charge in [-0.25, -0.2) is 8.42 Å². The molecule has 0 N–H and O–H groups in total. The van der Waals surface area contributed by atoms with Crippen LogP contribution >= 0.6 is 0 Å². The summed E-state index contributed by atoms with van der Waals surface area (Å²) in [5.74, 6) is 1.22. The van der Waals surface area contributed by atoms with Crippen molar-refractivity contribution in [3.8, 4) is 22.6 Å². The molecule has 1 saturated heterocycles. The number of fused-ring (bicyclic) bond motifs is 1. The maximum Gasteiger partial charge on any atom is 0.246 e. The Morgan fingerprint density at radius 3 is 2.29 bits per heavy atom. The van der Waals surface area contributed by atoms with Crippen LogP contribution in [0.4, 0.5) is 0 Å². The highest BCUT2D eigenvalue weighted by Gasteiger charge is 2.25. The van der Waals surface area contributed by atoms with E-state index >= 15 is 0 Å². The van der Waals surface area contributed by atoms with Gasteiger partial charge in [-0.05, 0) is 36.3 Å². The molecule has 2 aromatic carbocycles. The van der Waals surface area contributed by atoms with Gasteiger partial charge in [0.25, 0.3) is 0 Å². The predicted molar refractivity (Wildman–Crippen MR) is 131 cm³/mol. The van der Waals surface area contributed by atoms with E-state index in [2.05, 4.69) is 0 Å². The number of nitrogens with zero attached hydrogens (tertiary/aromatic N) is 2. The summed E-state index contributed by atoms with van der Waals surface area (Å²) in [5.41, 5.74) is 4.13. The van der Waals surface area contributed by atoms with Gasteiger partial charge in [0.05, 0.1) is 26.7 Å². The summed E-state index contributed by atoms with van der Waals surface area (Å²) in [4.78, 5) is 14.6. The van der Waals surface area contributed by atoms with E-state index in [1.165, 1.54) is 10.6 Å². The summed E-state index contributed by atoms with van der Waals surface area (Å²) in [7, 11) is -0.0402. The van der Waals surface area contributed by atoms with Crippen molar-refractivity contribution in [1.29, 1.82) is 0 Å². The minimum atomic E-state index is -3.25. The Morgan fingerprint density at radius 1 is 1.03 bits per heavy atom. The van der Waals surface area contributed by atoms with Crippen LogP contribution in [0.3, 0.4) is 0 Å². The molecule has 9 heteroatoms. The molecule has 1 amide bonds. The SMILES string of the molecule is COc1ccc(-c2coc3cc(OC)c(/C(C)=C/C(=O)N4CCN(S(C)(=O)=O)CC4)cc23)cc1. The number of allylic oxidation sites excluding steroid dienone is 1. The number of furan rings is 1. The molecule has 1 aromatic heterocycles. The zero-order valence-corrected chi connectivity index (χ0v) is 20.5. The topological polar surface area (TPSA) is 89.3 Å². The van der Waals surface area contributed by atoms with E-state index in [4.69, 9.17) is 13.9 Å². The second-order valence-electron chi connectivity index (χ2n) is 8.24. The summed E-state index contributed by atoms with van der Waals surface area (Å²) in [6, 6.07) is 11.5. The van der Waals surface area contributed by atoms with Crippen molar-refractivity contribution in [2.45, 2.75) is 6.92 Å². The van der Waals surface area contributed by atoms with E-state index in [-0.39, 0.29) is 5.91 Å². The van der Waals surface area contributed by atoms with Crippen molar-refractivity contribution in [3.63, 3.8) is 0 Å². The Balaban J connectivity index is 1.63. The Bertz CT molecular complexity index is 1330. The molecule has 180 valence electrons. The Morgan fingerprint density at radius 2 is 1.71 bits per heavy atom. The predicted octanol–water partition coefficient (Wildman–Crippen LogP) is 3.62. The largest absolute Gasteiger partial charge is 0.497 e. The molecule has 1 fully saturated rings. The summed E-state index contributed by atoms with van der Waals surface area (Å²) in [6.45, 7) is 3.17. The van der Waals surface area contributed by atoms with Crippen molar-refractivity contribution >= 4 is 32.5 Å². The fourth-order valence-electron chi connectivity index (χ4n) is 4.12. The third-order valence-electron chi connectivity index (χ3n) is 6.08. The average molecular weight is 485 g/mol. The summed E-state index contributed by atoms with van der Waals surface area (Å²) < 4.78 is 41.5. The van der Waals surface area contributed by atoms with Gasteiger partial charge in [0.15, 0.2) is 0 Å².